The number of amides is 1. The zero-order valence-corrected chi connectivity index (χ0v) is 12.1. The maximum atomic E-state index is 12.1. The van der Waals surface area contributed by atoms with Crippen molar-refractivity contribution in [1.82, 2.24) is 4.90 Å². The monoisotopic (exact) mass is 293 g/mol. The largest absolute Gasteiger partial charge is 0.409 e. The lowest BCUT2D eigenvalue weighted by molar-refractivity contribution is -0.129. The summed E-state index contributed by atoms with van der Waals surface area (Å²) < 4.78 is 0. The average molecular weight is 293 g/mol. The maximum Gasteiger partial charge on any atom is 0.232 e. The molecule has 1 aliphatic heterocycles. The molecule has 0 unspecified atom stereocenters. The number of nitrogens with zero attached hydrogens (tertiary/aromatic N) is 2. The van der Waals surface area contributed by atoms with Gasteiger partial charge in [0.25, 0.3) is 0 Å². The third kappa shape index (κ3) is 3.90. The molecule has 1 fully saturated rings. The number of hydrogen-bond donors (Lipinski definition) is 2. The van der Waals surface area contributed by atoms with Gasteiger partial charge in [-0.2, -0.15) is 0 Å². The van der Waals surface area contributed by atoms with Crippen molar-refractivity contribution < 1.29 is 10.0 Å². The summed E-state index contributed by atoms with van der Waals surface area (Å²) >= 11 is 1.55. The predicted octanol–water partition coefficient (Wildman–Crippen LogP) is 1.76. The molecule has 108 valence electrons. The van der Waals surface area contributed by atoms with Crippen LogP contribution in [0, 0.1) is 5.92 Å². The summed E-state index contributed by atoms with van der Waals surface area (Å²) in [6, 6.07) is 9.90. The van der Waals surface area contributed by atoms with Gasteiger partial charge >= 0.3 is 0 Å². The topological polar surface area (TPSA) is 78.9 Å². The maximum absolute atomic E-state index is 12.1. The van der Waals surface area contributed by atoms with Crippen molar-refractivity contribution in [2.75, 3.05) is 18.8 Å². The Hall–Kier alpha value is -1.69. The van der Waals surface area contributed by atoms with E-state index in [1.54, 1.807) is 11.8 Å². The number of benzene rings is 1. The number of carbonyl (C=O) groups excluding carboxylic acids is 1. The summed E-state index contributed by atoms with van der Waals surface area (Å²) in [6.45, 7) is 1.35. The minimum absolute atomic E-state index is 0.0887. The van der Waals surface area contributed by atoms with Crippen LogP contribution in [-0.4, -0.2) is 40.7 Å². The predicted molar refractivity (Wildman–Crippen MR) is 79.9 cm³/mol. The van der Waals surface area contributed by atoms with Crippen LogP contribution < -0.4 is 5.73 Å². The summed E-state index contributed by atoms with van der Waals surface area (Å²) in [6.07, 6.45) is 1.52. The Balaban J connectivity index is 1.77. The van der Waals surface area contributed by atoms with E-state index in [0.717, 1.165) is 17.7 Å². The molecule has 1 amide bonds. The first kappa shape index (κ1) is 14.7. The molecule has 0 atom stereocenters. The standard InChI is InChI=1S/C14H19N3O2S/c15-14(16-19)11-6-8-17(9-7-11)13(18)10-20-12-4-2-1-3-5-12/h1-5,11,19H,6-10H2,(H2,15,16). The van der Waals surface area contributed by atoms with Crippen molar-refractivity contribution in [3.63, 3.8) is 0 Å². The Morgan fingerprint density at radius 1 is 1.35 bits per heavy atom. The molecule has 1 heterocycles. The van der Waals surface area contributed by atoms with E-state index in [1.165, 1.54) is 0 Å². The molecule has 0 saturated carbocycles. The second-order valence-electron chi connectivity index (χ2n) is 4.78. The Morgan fingerprint density at radius 2 is 2.00 bits per heavy atom. The molecule has 5 nitrogen and oxygen atoms in total. The van der Waals surface area contributed by atoms with Gasteiger partial charge in [0.05, 0.1) is 5.75 Å². The molecular formula is C14H19N3O2S. The summed E-state index contributed by atoms with van der Waals surface area (Å²) in [4.78, 5) is 15.1. The summed E-state index contributed by atoms with van der Waals surface area (Å²) in [5.74, 6) is 0.969. The van der Waals surface area contributed by atoms with Crippen molar-refractivity contribution in [2.24, 2.45) is 16.8 Å². The van der Waals surface area contributed by atoms with Crippen LogP contribution in [0.15, 0.2) is 40.4 Å². The Bertz CT molecular complexity index is 471. The number of thioether (sulfide) groups is 1. The number of piperidine rings is 1. The van der Waals surface area contributed by atoms with Gasteiger partial charge in [-0.1, -0.05) is 23.4 Å². The Morgan fingerprint density at radius 3 is 2.60 bits per heavy atom. The molecule has 0 radical (unpaired) electrons. The normalized spacial score (nSPS) is 17.2. The number of hydrogen-bond acceptors (Lipinski definition) is 4. The second kappa shape index (κ2) is 7.19. The minimum Gasteiger partial charge on any atom is -0.409 e. The molecule has 0 aromatic heterocycles. The lowest BCUT2D eigenvalue weighted by Crippen LogP contribution is -2.42. The average Bonchev–Trinajstić information content (AvgIpc) is 2.53. The van der Waals surface area contributed by atoms with Crippen molar-refractivity contribution >= 4 is 23.5 Å². The van der Waals surface area contributed by atoms with Crippen LogP contribution in [0.4, 0.5) is 0 Å². The van der Waals surface area contributed by atoms with Gasteiger partial charge < -0.3 is 15.8 Å². The molecule has 1 aromatic carbocycles. The highest BCUT2D eigenvalue weighted by atomic mass is 32.2. The van der Waals surface area contributed by atoms with E-state index in [-0.39, 0.29) is 17.7 Å². The third-order valence-electron chi connectivity index (χ3n) is 3.49. The summed E-state index contributed by atoms with van der Waals surface area (Å²) in [5, 5.41) is 11.7. The van der Waals surface area contributed by atoms with E-state index >= 15 is 0 Å². The van der Waals surface area contributed by atoms with Crippen LogP contribution in [0.3, 0.4) is 0 Å². The van der Waals surface area contributed by atoms with Crippen LogP contribution >= 0.6 is 11.8 Å². The van der Waals surface area contributed by atoms with Gasteiger partial charge in [-0.05, 0) is 25.0 Å². The number of carbonyl (C=O) groups is 1. The van der Waals surface area contributed by atoms with Crippen LogP contribution in [0.25, 0.3) is 0 Å². The lowest BCUT2D eigenvalue weighted by Gasteiger charge is -2.31. The SMILES string of the molecule is NC(=NO)C1CCN(C(=O)CSc2ccccc2)CC1. The van der Waals surface area contributed by atoms with E-state index in [4.69, 9.17) is 10.9 Å². The minimum atomic E-state index is 0.0887. The van der Waals surface area contributed by atoms with E-state index < -0.39 is 0 Å². The third-order valence-corrected chi connectivity index (χ3v) is 4.48. The van der Waals surface area contributed by atoms with Crippen molar-refractivity contribution in [3.05, 3.63) is 30.3 Å². The number of nitrogens with two attached hydrogens (primary N) is 1. The van der Waals surface area contributed by atoms with Gasteiger partial charge in [0.2, 0.25) is 5.91 Å². The fourth-order valence-electron chi connectivity index (χ4n) is 2.26. The molecular weight excluding hydrogens is 274 g/mol. The second-order valence-corrected chi connectivity index (χ2v) is 5.83. The van der Waals surface area contributed by atoms with Gasteiger partial charge in [0.15, 0.2) is 0 Å². The number of oxime groups is 1. The fourth-order valence-corrected chi connectivity index (χ4v) is 3.08. The molecule has 20 heavy (non-hydrogen) atoms. The van der Waals surface area contributed by atoms with Gasteiger partial charge in [-0.25, -0.2) is 0 Å². The molecule has 6 heteroatoms. The van der Waals surface area contributed by atoms with Crippen LogP contribution in [-0.2, 0) is 4.79 Å². The van der Waals surface area contributed by atoms with Gasteiger partial charge in [-0.15, -0.1) is 11.8 Å². The summed E-state index contributed by atoms with van der Waals surface area (Å²) in [5.41, 5.74) is 5.60. The van der Waals surface area contributed by atoms with Gasteiger partial charge in [0, 0.05) is 23.9 Å². The Labute approximate surface area is 122 Å². The van der Waals surface area contributed by atoms with E-state index in [0.29, 0.717) is 18.8 Å². The molecule has 0 aliphatic carbocycles. The van der Waals surface area contributed by atoms with Crippen LogP contribution in [0.5, 0.6) is 0 Å². The van der Waals surface area contributed by atoms with Crippen LogP contribution in [0.1, 0.15) is 12.8 Å². The highest BCUT2D eigenvalue weighted by molar-refractivity contribution is 8.00. The molecule has 3 N–H and O–H groups in total. The molecule has 0 spiro atoms. The highest BCUT2D eigenvalue weighted by Gasteiger charge is 2.25. The van der Waals surface area contributed by atoms with Crippen molar-refractivity contribution in [3.8, 4) is 0 Å². The zero-order valence-electron chi connectivity index (χ0n) is 11.2. The van der Waals surface area contributed by atoms with Crippen LogP contribution in [0.2, 0.25) is 0 Å². The smallest absolute Gasteiger partial charge is 0.232 e. The molecule has 2 rings (SSSR count). The Kier molecular flexibility index (Phi) is 5.29. The van der Waals surface area contributed by atoms with Crippen molar-refractivity contribution in [2.45, 2.75) is 17.7 Å². The zero-order chi connectivity index (χ0) is 14.4. The molecule has 0 bridgehead atoms. The van der Waals surface area contributed by atoms with Crippen molar-refractivity contribution in [1.29, 1.82) is 0 Å². The van der Waals surface area contributed by atoms with E-state index in [9.17, 15) is 4.79 Å². The van der Waals surface area contributed by atoms with E-state index in [1.807, 2.05) is 35.2 Å². The number of amidine groups is 1. The fraction of sp³-hybridized carbons (Fsp3) is 0.429. The highest BCUT2D eigenvalue weighted by Crippen LogP contribution is 2.21. The lowest BCUT2D eigenvalue weighted by atomic mass is 9.96. The van der Waals surface area contributed by atoms with E-state index in [2.05, 4.69) is 5.16 Å². The first-order chi connectivity index (χ1) is 9.70. The van der Waals surface area contributed by atoms with Gasteiger partial charge in [0.1, 0.15) is 5.84 Å². The first-order valence-corrected chi connectivity index (χ1v) is 7.62. The molecule has 1 aromatic rings. The number of likely N-dealkylation sites (tertiary alicyclic amines) is 1. The summed E-state index contributed by atoms with van der Waals surface area (Å²) in [7, 11) is 0. The molecule has 1 saturated heterocycles. The quantitative estimate of drug-likeness (QED) is 0.291. The molecule has 1 aliphatic rings. The number of rotatable bonds is 4. The first-order valence-electron chi connectivity index (χ1n) is 6.63. The van der Waals surface area contributed by atoms with Gasteiger partial charge in [-0.3, -0.25) is 4.79 Å².